The lowest BCUT2D eigenvalue weighted by molar-refractivity contribution is -0.140. The number of imide groups is 1. The van der Waals surface area contributed by atoms with Gasteiger partial charge in [-0.05, 0) is 18.1 Å². The maximum absolute atomic E-state index is 12.6. The van der Waals surface area contributed by atoms with Crippen molar-refractivity contribution in [1.82, 2.24) is 20.0 Å². The van der Waals surface area contributed by atoms with Crippen LogP contribution in [0.2, 0.25) is 0 Å². The molecule has 0 saturated carbocycles. The topological polar surface area (TPSA) is 86.4 Å². The number of nitrogens with one attached hydrogen (secondary N) is 1. The molecule has 1 N–H and O–H groups in total. The molecule has 1 aromatic carbocycles. The van der Waals surface area contributed by atoms with E-state index in [2.05, 4.69) is 10.2 Å². The molecule has 4 rings (SSSR count). The molecule has 2 atom stereocenters. The van der Waals surface area contributed by atoms with Crippen LogP contribution in [0, 0.1) is 11.8 Å². The van der Waals surface area contributed by atoms with Gasteiger partial charge in [-0.2, -0.15) is 5.10 Å². The van der Waals surface area contributed by atoms with Crippen LogP contribution >= 0.6 is 0 Å². The first-order chi connectivity index (χ1) is 12.1. The number of benzene rings is 1. The largest absolute Gasteiger partial charge is 0.336 e. The van der Waals surface area contributed by atoms with Crippen LogP contribution in [0.1, 0.15) is 16.1 Å². The normalized spacial score (nSPS) is 22.6. The smallest absolute Gasteiger partial charge is 0.271 e. The standard InChI is InChI=1S/C18H18N4O3/c23-16-13-10-21(18(25)15-6-8-19-20-15)11-14(13)17(24)22(16)9-7-12-4-2-1-3-5-12/h1-6,8,13-14H,7,9-11H2,(H,19,20)/t13-,14+. The molecular formula is C18H18N4O3. The number of hydrogen-bond acceptors (Lipinski definition) is 4. The summed E-state index contributed by atoms with van der Waals surface area (Å²) < 4.78 is 0. The van der Waals surface area contributed by atoms with E-state index in [1.165, 1.54) is 11.1 Å². The molecule has 25 heavy (non-hydrogen) atoms. The van der Waals surface area contributed by atoms with E-state index in [0.717, 1.165) is 5.56 Å². The lowest BCUT2D eigenvalue weighted by atomic mass is 10.00. The molecule has 2 aliphatic heterocycles. The third-order valence-electron chi connectivity index (χ3n) is 4.97. The number of hydrogen-bond donors (Lipinski definition) is 1. The van der Waals surface area contributed by atoms with E-state index in [4.69, 9.17) is 0 Å². The predicted octanol–water partition coefficient (Wildman–Crippen LogP) is 0.709. The van der Waals surface area contributed by atoms with Crippen molar-refractivity contribution < 1.29 is 14.4 Å². The highest BCUT2D eigenvalue weighted by Crippen LogP contribution is 2.34. The number of fused-ring (bicyclic) bond motifs is 1. The zero-order valence-corrected chi connectivity index (χ0v) is 13.6. The first kappa shape index (κ1) is 15.6. The zero-order chi connectivity index (χ0) is 17.4. The Balaban J connectivity index is 1.42. The number of aromatic amines is 1. The summed E-state index contributed by atoms with van der Waals surface area (Å²) in [5.74, 6) is -1.38. The lowest BCUT2D eigenvalue weighted by Crippen LogP contribution is -2.39. The Morgan fingerprint density at radius 3 is 2.36 bits per heavy atom. The Morgan fingerprint density at radius 2 is 1.76 bits per heavy atom. The minimum absolute atomic E-state index is 0.161. The molecule has 2 aliphatic rings. The van der Waals surface area contributed by atoms with Gasteiger partial charge in [0, 0.05) is 25.8 Å². The van der Waals surface area contributed by atoms with Crippen LogP contribution in [0.15, 0.2) is 42.6 Å². The van der Waals surface area contributed by atoms with Crippen molar-refractivity contribution in [2.24, 2.45) is 11.8 Å². The maximum Gasteiger partial charge on any atom is 0.271 e. The van der Waals surface area contributed by atoms with E-state index < -0.39 is 11.8 Å². The van der Waals surface area contributed by atoms with Crippen LogP contribution < -0.4 is 0 Å². The van der Waals surface area contributed by atoms with Crippen LogP contribution in [0.25, 0.3) is 0 Å². The average Bonchev–Trinajstić information content (AvgIpc) is 3.35. The molecule has 7 heteroatoms. The Labute approximate surface area is 144 Å². The quantitative estimate of drug-likeness (QED) is 0.832. The molecule has 0 aliphatic carbocycles. The van der Waals surface area contributed by atoms with E-state index in [1.54, 1.807) is 11.0 Å². The van der Waals surface area contributed by atoms with Crippen LogP contribution in [-0.2, 0) is 16.0 Å². The van der Waals surface area contributed by atoms with Gasteiger partial charge < -0.3 is 4.90 Å². The van der Waals surface area contributed by atoms with Gasteiger partial charge in [0.2, 0.25) is 11.8 Å². The zero-order valence-electron chi connectivity index (χ0n) is 13.6. The van der Waals surface area contributed by atoms with E-state index in [1.807, 2.05) is 30.3 Å². The fourth-order valence-electron chi connectivity index (χ4n) is 3.63. The third kappa shape index (κ3) is 2.71. The summed E-state index contributed by atoms with van der Waals surface area (Å²) in [5, 5.41) is 6.40. The molecule has 0 unspecified atom stereocenters. The van der Waals surface area contributed by atoms with E-state index >= 15 is 0 Å². The summed E-state index contributed by atoms with van der Waals surface area (Å²) in [4.78, 5) is 40.5. The lowest BCUT2D eigenvalue weighted by Gasteiger charge is -2.20. The summed E-state index contributed by atoms with van der Waals surface area (Å²) in [6, 6.07) is 11.4. The highest BCUT2D eigenvalue weighted by Gasteiger charge is 2.53. The van der Waals surface area contributed by atoms with Crippen LogP contribution in [0.3, 0.4) is 0 Å². The molecule has 3 amide bonds. The fraction of sp³-hybridized carbons (Fsp3) is 0.333. The number of likely N-dealkylation sites (tertiary alicyclic amines) is 2. The van der Waals surface area contributed by atoms with Crippen molar-refractivity contribution >= 4 is 17.7 Å². The number of nitrogens with zero attached hydrogens (tertiary/aromatic N) is 3. The van der Waals surface area contributed by atoms with Crippen molar-refractivity contribution in [3.05, 3.63) is 53.9 Å². The highest BCUT2D eigenvalue weighted by atomic mass is 16.2. The van der Waals surface area contributed by atoms with Crippen LogP contribution in [-0.4, -0.2) is 57.4 Å². The molecule has 0 bridgehead atoms. The third-order valence-corrected chi connectivity index (χ3v) is 4.97. The Hall–Kier alpha value is -2.96. The monoisotopic (exact) mass is 338 g/mol. The first-order valence-electron chi connectivity index (χ1n) is 8.33. The second-order valence-electron chi connectivity index (χ2n) is 6.46. The number of aromatic nitrogens is 2. The second kappa shape index (κ2) is 6.16. The molecule has 128 valence electrons. The maximum atomic E-state index is 12.6. The van der Waals surface area contributed by atoms with Gasteiger partial charge in [0.25, 0.3) is 5.91 Å². The molecule has 0 spiro atoms. The SMILES string of the molecule is O=C(c1ccn[nH]1)N1C[C@@H]2C(=O)N(CCc3ccccc3)C(=O)[C@@H]2C1. The second-order valence-corrected chi connectivity index (χ2v) is 6.46. The molecule has 0 radical (unpaired) electrons. The fourth-order valence-corrected chi connectivity index (χ4v) is 3.63. The van der Waals surface area contributed by atoms with E-state index in [-0.39, 0.29) is 30.8 Å². The highest BCUT2D eigenvalue weighted by molar-refractivity contribution is 6.06. The summed E-state index contributed by atoms with van der Waals surface area (Å²) in [6.07, 6.45) is 2.15. The van der Waals surface area contributed by atoms with Gasteiger partial charge in [-0.1, -0.05) is 30.3 Å². The number of carbonyl (C=O) groups is 3. The first-order valence-corrected chi connectivity index (χ1v) is 8.33. The van der Waals surface area contributed by atoms with Gasteiger partial charge in [-0.25, -0.2) is 0 Å². The number of amides is 3. The van der Waals surface area contributed by atoms with Crippen molar-refractivity contribution in [2.75, 3.05) is 19.6 Å². The van der Waals surface area contributed by atoms with Crippen molar-refractivity contribution in [1.29, 1.82) is 0 Å². The molecule has 2 saturated heterocycles. The van der Waals surface area contributed by atoms with Crippen LogP contribution in [0.5, 0.6) is 0 Å². The van der Waals surface area contributed by atoms with Gasteiger partial charge in [0.15, 0.2) is 0 Å². The van der Waals surface area contributed by atoms with Crippen molar-refractivity contribution in [3.63, 3.8) is 0 Å². The molecule has 1 aromatic heterocycles. The molecule has 2 aromatic rings. The minimum Gasteiger partial charge on any atom is -0.336 e. The summed E-state index contributed by atoms with van der Waals surface area (Å²) >= 11 is 0. The Bertz CT molecular complexity index is 779. The van der Waals surface area contributed by atoms with Gasteiger partial charge in [0.05, 0.1) is 11.8 Å². The Kier molecular flexibility index (Phi) is 3.83. The Morgan fingerprint density at radius 1 is 1.08 bits per heavy atom. The summed E-state index contributed by atoms with van der Waals surface area (Å²) in [7, 11) is 0. The van der Waals surface area contributed by atoms with Gasteiger partial charge >= 0.3 is 0 Å². The average molecular weight is 338 g/mol. The van der Waals surface area contributed by atoms with Crippen LogP contribution in [0.4, 0.5) is 0 Å². The molecular weight excluding hydrogens is 320 g/mol. The molecule has 7 nitrogen and oxygen atoms in total. The van der Waals surface area contributed by atoms with Crippen molar-refractivity contribution in [2.45, 2.75) is 6.42 Å². The van der Waals surface area contributed by atoms with Gasteiger partial charge in [0.1, 0.15) is 5.69 Å². The number of rotatable bonds is 4. The summed E-state index contributed by atoms with van der Waals surface area (Å²) in [5.41, 5.74) is 1.47. The van der Waals surface area contributed by atoms with Gasteiger partial charge in [-0.3, -0.25) is 24.4 Å². The van der Waals surface area contributed by atoms with Crippen molar-refractivity contribution in [3.8, 4) is 0 Å². The predicted molar refractivity (Wildman–Crippen MR) is 88.3 cm³/mol. The molecule has 3 heterocycles. The number of carbonyl (C=O) groups excluding carboxylic acids is 3. The minimum atomic E-state index is -0.421. The van der Waals surface area contributed by atoms with E-state index in [0.29, 0.717) is 18.7 Å². The number of H-pyrrole nitrogens is 1. The van der Waals surface area contributed by atoms with Gasteiger partial charge in [-0.15, -0.1) is 0 Å². The molecule has 2 fully saturated rings. The van der Waals surface area contributed by atoms with E-state index in [9.17, 15) is 14.4 Å². The summed E-state index contributed by atoms with van der Waals surface area (Å²) in [6.45, 7) is 0.965.